The fourth-order valence-corrected chi connectivity index (χ4v) is 2.28. The van der Waals surface area contributed by atoms with Gasteiger partial charge >= 0.3 is 6.03 Å². The third kappa shape index (κ3) is 2.91. The number of hydrogen-bond acceptors (Lipinski definition) is 2. The largest absolute Gasteiger partial charge is 0.336 e. The molecule has 104 valence electrons. The second-order valence-electron chi connectivity index (χ2n) is 5.54. The highest BCUT2D eigenvalue weighted by Gasteiger charge is 2.38. The van der Waals surface area contributed by atoms with Crippen LogP contribution in [-0.2, 0) is 6.54 Å². The topological polar surface area (TPSA) is 67.1 Å². The molecule has 1 aliphatic rings. The van der Waals surface area contributed by atoms with E-state index in [9.17, 15) is 4.79 Å². The Morgan fingerprint density at radius 2 is 1.85 bits per heavy atom. The zero-order valence-corrected chi connectivity index (χ0v) is 11.4. The Balaban J connectivity index is 1.60. The summed E-state index contributed by atoms with van der Waals surface area (Å²) in [6.45, 7) is 1.07. The molecule has 4 heteroatoms. The van der Waals surface area contributed by atoms with E-state index >= 15 is 0 Å². The van der Waals surface area contributed by atoms with E-state index in [1.807, 2.05) is 24.3 Å². The van der Waals surface area contributed by atoms with Crippen molar-refractivity contribution in [1.29, 1.82) is 0 Å². The summed E-state index contributed by atoms with van der Waals surface area (Å²) in [5, 5.41) is 8.07. The van der Waals surface area contributed by atoms with Gasteiger partial charge < -0.3 is 16.4 Å². The van der Waals surface area contributed by atoms with Crippen LogP contribution >= 0.6 is 0 Å². The van der Waals surface area contributed by atoms with Crippen molar-refractivity contribution in [3.8, 4) is 0 Å². The second-order valence-corrected chi connectivity index (χ2v) is 5.54. The summed E-state index contributed by atoms with van der Waals surface area (Å²) in [6, 6.07) is 14.1. The molecule has 2 aromatic rings. The fraction of sp³-hybridized carbons (Fsp3) is 0.312. The molecule has 2 aromatic carbocycles. The van der Waals surface area contributed by atoms with E-state index in [2.05, 4.69) is 28.8 Å². The van der Waals surface area contributed by atoms with Crippen LogP contribution in [0.4, 0.5) is 4.79 Å². The maximum atomic E-state index is 11.7. The third-order valence-electron chi connectivity index (χ3n) is 3.81. The average Bonchev–Trinajstić information content (AvgIpc) is 3.21. The Labute approximate surface area is 118 Å². The molecule has 3 rings (SSSR count). The predicted molar refractivity (Wildman–Crippen MR) is 80.3 cm³/mol. The van der Waals surface area contributed by atoms with Crippen LogP contribution in [0.1, 0.15) is 18.4 Å². The van der Waals surface area contributed by atoms with Gasteiger partial charge in [-0.05, 0) is 29.2 Å². The highest BCUT2D eigenvalue weighted by atomic mass is 16.2. The molecule has 2 amide bonds. The minimum absolute atomic E-state index is 0.156. The SMILES string of the molecule is NC1(CNC(=O)NCc2cccc3ccccc23)CC1. The first-order valence-corrected chi connectivity index (χ1v) is 6.94. The van der Waals surface area contributed by atoms with E-state index in [0.717, 1.165) is 18.4 Å². The van der Waals surface area contributed by atoms with Crippen LogP contribution in [0.2, 0.25) is 0 Å². The van der Waals surface area contributed by atoms with Gasteiger partial charge in [-0.1, -0.05) is 42.5 Å². The average molecular weight is 269 g/mol. The van der Waals surface area contributed by atoms with Crippen molar-refractivity contribution in [3.05, 3.63) is 48.0 Å². The molecule has 0 heterocycles. The van der Waals surface area contributed by atoms with Gasteiger partial charge in [0.1, 0.15) is 0 Å². The van der Waals surface area contributed by atoms with Gasteiger partial charge in [0.05, 0.1) is 0 Å². The fourth-order valence-electron chi connectivity index (χ4n) is 2.28. The highest BCUT2D eigenvalue weighted by Crippen LogP contribution is 2.30. The Hall–Kier alpha value is -2.07. The van der Waals surface area contributed by atoms with Crippen LogP contribution in [0.15, 0.2) is 42.5 Å². The first kappa shape index (κ1) is 12.9. The van der Waals surface area contributed by atoms with Gasteiger partial charge in [-0.2, -0.15) is 0 Å². The molecule has 0 saturated heterocycles. The van der Waals surface area contributed by atoms with Crippen molar-refractivity contribution in [2.75, 3.05) is 6.54 Å². The molecular weight excluding hydrogens is 250 g/mol. The van der Waals surface area contributed by atoms with Crippen LogP contribution in [0.25, 0.3) is 10.8 Å². The summed E-state index contributed by atoms with van der Waals surface area (Å²) in [4.78, 5) is 11.7. The lowest BCUT2D eigenvalue weighted by Gasteiger charge is -2.12. The van der Waals surface area contributed by atoms with Crippen LogP contribution < -0.4 is 16.4 Å². The van der Waals surface area contributed by atoms with E-state index in [1.54, 1.807) is 0 Å². The third-order valence-corrected chi connectivity index (χ3v) is 3.81. The number of hydrogen-bond donors (Lipinski definition) is 3. The number of nitrogens with one attached hydrogen (secondary N) is 2. The summed E-state index contributed by atoms with van der Waals surface area (Å²) in [6.07, 6.45) is 1.99. The first-order chi connectivity index (χ1) is 9.66. The number of amides is 2. The van der Waals surface area contributed by atoms with E-state index in [4.69, 9.17) is 5.73 Å². The van der Waals surface area contributed by atoms with Crippen molar-refractivity contribution < 1.29 is 4.79 Å². The second kappa shape index (κ2) is 5.13. The van der Waals surface area contributed by atoms with E-state index in [1.165, 1.54) is 10.8 Å². The number of nitrogens with two attached hydrogens (primary N) is 1. The predicted octanol–water partition coefficient (Wildman–Crippen LogP) is 2.13. The number of urea groups is 1. The van der Waals surface area contributed by atoms with Crippen LogP contribution in [0.5, 0.6) is 0 Å². The van der Waals surface area contributed by atoms with Crippen LogP contribution in [-0.4, -0.2) is 18.1 Å². The molecule has 0 atom stereocenters. The monoisotopic (exact) mass is 269 g/mol. The molecule has 4 N–H and O–H groups in total. The normalized spacial score (nSPS) is 15.8. The lowest BCUT2D eigenvalue weighted by atomic mass is 10.0. The molecule has 0 bridgehead atoms. The highest BCUT2D eigenvalue weighted by molar-refractivity contribution is 5.86. The number of fused-ring (bicyclic) bond motifs is 1. The first-order valence-electron chi connectivity index (χ1n) is 6.94. The molecule has 0 spiro atoms. The number of carbonyl (C=O) groups excluding carboxylic acids is 1. The van der Waals surface area contributed by atoms with Crippen molar-refractivity contribution in [1.82, 2.24) is 10.6 Å². The van der Waals surface area contributed by atoms with Crippen LogP contribution in [0, 0.1) is 0 Å². The molecule has 0 aliphatic heterocycles. The Bertz CT molecular complexity index is 629. The smallest absolute Gasteiger partial charge is 0.315 e. The molecule has 4 nitrogen and oxygen atoms in total. The van der Waals surface area contributed by atoms with Gasteiger partial charge in [-0.3, -0.25) is 0 Å². The zero-order valence-electron chi connectivity index (χ0n) is 11.4. The lowest BCUT2D eigenvalue weighted by molar-refractivity contribution is 0.239. The molecule has 0 unspecified atom stereocenters. The van der Waals surface area contributed by atoms with Crippen molar-refractivity contribution in [2.45, 2.75) is 24.9 Å². The molecule has 1 fully saturated rings. The van der Waals surface area contributed by atoms with Gasteiger partial charge in [0, 0.05) is 18.6 Å². The number of rotatable bonds is 4. The Kier molecular flexibility index (Phi) is 3.32. The standard InChI is InChI=1S/C16H19N3O/c17-16(8-9-16)11-19-15(20)18-10-13-6-3-5-12-4-1-2-7-14(12)13/h1-7H,8-11,17H2,(H2,18,19,20). The number of carbonyl (C=O) groups is 1. The van der Waals surface area contributed by atoms with E-state index in [0.29, 0.717) is 13.1 Å². The van der Waals surface area contributed by atoms with Crippen molar-refractivity contribution in [3.63, 3.8) is 0 Å². The summed E-state index contributed by atoms with van der Waals surface area (Å²) in [5.41, 5.74) is 6.90. The Morgan fingerprint density at radius 3 is 2.65 bits per heavy atom. The summed E-state index contributed by atoms with van der Waals surface area (Å²) in [7, 11) is 0. The lowest BCUT2D eigenvalue weighted by Crippen LogP contribution is -2.43. The molecular formula is C16H19N3O. The molecule has 20 heavy (non-hydrogen) atoms. The van der Waals surface area contributed by atoms with Gasteiger partial charge in [0.25, 0.3) is 0 Å². The summed E-state index contributed by atoms with van der Waals surface area (Å²) >= 11 is 0. The maximum absolute atomic E-state index is 11.7. The van der Waals surface area contributed by atoms with Crippen molar-refractivity contribution >= 4 is 16.8 Å². The van der Waals surface area contributed by atoms with Crippen LogP contribution in [0.3, 0.4) is 0 Å². The minimum atomic E-state index is -0.158. The number of benzene rings is 2. The van der Waals surface area contributed by atoms with Gasteiger partial charge in [-0.25, -0.2) is 4.79 Å². The van der Waals surface area contributed by atoms with Gasteiger partial charge in [-0.15, -0.1) is 0 Å². The molecule has 0 aromatic heterocycles. The van der Waals surface area contributed by atoms with E-state index < -0.39 is 0 Å². The summed E-state index contributed by atoms with van der Waals surface area (Å²) in [5.74, 6) is 0. The molecule has 0 radical (unpaired) electrons. The van der Waals surface area contributed by atoms with E-state index in [-0.39, 0.29) is 11.6 Å². The van der Waals surface area contributed by atoms with Gasteiger partial charge in [0.15, 0.2) is 0 Å². The zero-order chi connectivity index (χ0) is 14.0. The minimum Gasteiger partial charge on any atom is -0.336 e. The summed E-state index contributed by atoms with van der Waals surface area (Å²) < 4.78 is 0. The van der Waals surface area contributed by atoms with Crippen molar-refractivity contribution in [2.24, 2.45) is 5.73 Å². The molecule has 1 aliphatic carbocycles. The molecule has 1 saturated carbocycles. The van der Waals surface area contributed by atoms with Gasteiger partial charge in [0.2, 0.25) is 0 Å². The maximum Gasteiger partial charge on any atom is 0.315 e. The quantitative estimate of drug-likeness (QED) is 0.796. The Morgan fingerprint density at radius 1 is 1.10 bits per heavy atom.